The third-order valence-corrected chi connectivity index (χ3v) is 6.59. The minimum Gasteiger partial charge on any atom is -0.415 e. The Bertz CT molecular complexity index is 1440. The fourth-order valence-electron chi connectivity index (χ4n) is 4.47. The highest BCUT2D eigenvalue weighted by molar-refractivity contribution is 6.10. The van der Waals surface area contributed by atoms with Crippen LogP contribution in [0.1, 0.15) is 79.7 Å². The summed E-state index contributed by atoms with van der Waals surface area (Å²) in [7, 11) is 0. The minimum absolute atomic E-state index is 0.169. The van der Waals surface area contributed by atoms with E-state index in [1.54, 1.807) is 12.2 Å². The average Bonchev–Trinajstić information content (AvgIpc) is 3.47. The zero-order valence-electron chi connectivity index (χ0n) is 23.8. The van der Waals surface area contributed by atoms with Gasteiger partial charge < -0.3 is 4.42 Å². The molecule has 40 heavy (non-hydrogen) atoms. The van der Waals surface area contributed by atoms with Gasteiger partial charge in [0.05, 0.1) is 11.4 Å². The third-order valence-electron chi connectivity index (χ3n) is 6.59. The van der Waals surface area contributed by atoms with E-state index in [2.05, 4.69) is 48.1 Å². The van der Waals surface area contributed by atoms with Gasteiger partial charge in [-0.05, 0) is 81.2 Å². The topological polar surface area (TPSA) is 80.7 Å². The predicted molar refractivity (Wildman–Crippen MR) is 167 cm³/mol. The molecule has 6 heteroatoms. The number of carbonyl (C=O) groups excluding carboxylic acids is 1. The van der Waals surface area contributed by atoms with E-state index in [-0.39, 0.29) is 11.7 Å². The molecule has 0 saturated carbocycles. The third kappa shape index (κ3) is 7.79. The van der Waals surface area contributed by atoms with Crippen molar-refractivity contribution in [2.24, 2.45) is 9.98 Å². The van der Waals surface area contributed by atoms with E-state index in [1.165, 1.54) is 0 Å². The molecular formula is C34H38N4O2. The molecule has 2 aromatic carbocycles. The zero-order valence-corrected chi connectivity index (χ0v) is 23.8. The number of hydrogen-bond acceptors (Lipinski definition) is 6. The SMILES string of the molecule is C=CC(=N\C(=C(/C)N=C)c1nnc(-c2ccccc2)o1)/C(=C/CC)CCCCCC(=O)c1c(C)cccc1C=C. The summed E-state index contributed by atoms with van der Waals surface area (Å²) in [6.45, 7) is 17.4. The van der Waals surface area contributed by atoms with Crippen LogP contribution in [0.3, 0.4) is 0 Å². The number of ketones is 1. The highest BCUT2D eigenvalue weighted by atomic mass is 16.4. The number of aromatic nitrogens is 2. The van der Waals surface area contributed by atoms with Crippen LogP contribution in [0.25, 0.3) is 23.2 Å². The quantitative estimate of drug-likeness (QED) is 0.111. The Balaban J connectivity index is 1.71. The zero-order chi connectivity index (χ0) is 28.9. The van der Waals surface area contributed by atoms with E-state index in [4.69, 9.17) is 9.41 Å². The first-order chi connectivity index (χ1) is 19.4. The van der Waals surface area contributed by atoms with Crippen molar-refractivity contribution in [2.75, 3.05) is 0 Å². The van der Waals surface area contributed by atoms with Gasteiger partial charge in [-0.2, -0.15) is 0 Å². The number of unbranched alkanes of at least 4 members (excludes halogenated alkanes) is 2. The number of rotatable bonds is 15. The van der Waals surface area contributed by atoms with Crippen LogP contribution in [-0.4, -0.2) is 28.4 Å². The molecule has 3 aromatic rings. The second kappa shape index (κ2) is 15.2. The van der Waals surface area contributed by atoms with Crippen LogP contribution in [-0.2, 0) is 0 Å². The van der Waals surface area contributed by atoms with E-state index in [9.17, 15) is 4.79 Å². The molecule has 0 aliphatic rings. The lowest BCUT2D eigenvalue weighted by atomic mass is 9.94. The molecule has 0 atom stereocenters. The lowest BCUT2D eigenvalue weighted by Gasteiger charge is -2.11. The minimum atomic E-state index is 0.169. The number of Topliss-reactive ketones (excluding diaryl/α,β-unsaturated/α-hetero) is 1. The van der Waals surface area contributed by atoms with Gasteiger partial charge in [-0.1, -0.05) is 75.1 Å². The molecular weight excluding hydrogens is 496 g/mol. The summed E-state index contributed by atoms with van der Waals surface area (Å²) in [5.74, 6) is 0.847. The number of carbonyl (C=O) groups is 1. The van der Waals surface area contributed by atoms with Crippen LogP contribution >= 0.6 is 0 Å². The first-order valence-electron chi connectivity index (χ1n) is 13.7. The number of nitrogens with zero attached hydrogens (tertiary/aromatic N) is 4. The standard InChI is InChI=1S/C34H38N4O2/c1-7-17-27(19-12-11-15-23-30(39)31-24(4)18-16-22-26(31)8-2)29(9-3)36-32(25(5)35-6)34-38-37-33(40-34)28-20-13-10-14-21-28/h8-10,13-14,16-18,20-22H,2-3,6-7,11-12,15,19,23H2,1,4-5H3/b27-17+,32-25+,36-29+. The molecule has 0 amide bonds. The van der Waals surface area contributed by atoms with Gasteiger partial charge in [0.25, 0.3) is 5.89 Å². The summed E-state index contributed by atoms with van der Waals surface area (Å²) >= 11 is 0. The Morgan fingerprint density at radius 1 is 1.00 bits per heavy atom. The van der Waals surface area contributed by atoms with Gasteiger partial charge in [-0.3, -0.25) is 9.79 Å². The predicted octanol–water partition coefficient (Wildman–Crippen LogP) is 8.87. The molecule has 0 aliphatic carbocycles. The second-order valence-corrected chi connectivity index (χ2v) is 9.44. The van der Waals surface area contributed by atoms with Gasteiger partial charge >= 0.3 is 0 Å². The molecule has 1 aromatic heterocycles. The fraction of sp³-hybridized carbons (Fsp3) is 0.265. The maximum atomic E-state index is 12.9. The van der Waals surface area contributed by atoms with Crippen LogP contribution in [0, 0.1) is 6.92 Å². The van der Waals surface area contributed by atoms with E-state index in [0.29, 0.717) is 23.7 Å². The summed E-state index contributed by atoms with van der Waals surface area (Å²) < 4.78 is 5.97. The van der Waals surface area contributed by atoms with Crippen molar-refractivity contribution in [3.05, 3.63) is 108 Å². The molecule has 6 nitrogen and oxygen atoms in total. The Morgan fingerprint density at radius 3 is 2.42 bits per heavy atom. The summed E-state index contributed by atoms with van der Waals surface area (Å²) in [6.07, 6.45) is 10.5. The number of aliphatic imine (C=N–C) groups is 2. The molecule has 0 fully saturated rings. The van der Waals surface area contributed by atoms with Crippen molar-refractivity contribution in [1.29, 1.82) is 0 Å². The van der Waals surface area contributed by atoms with Crippen molar-refractivity contribution in [3.63, 3.8) is 0 Å². The van der Waals surface area contributed by atoms with Crippen molar-refractivity contribution < 1.29 is 9.21 Å². The maximum Gasteiger partial charge on any atom is 0.268 e. The number of benzene rings is 2. The molecule has 206 valence electrons. The summed E-state index contributed by atoms with van der Waals surface area (Å²) in [5, 5.41) is 8.44. The number of allylic oxidation sites excluding steroid dienone is 4. The molecule has 0 radical (unpaired) electrons. The summed E-state index contributed by atoms with van der Waals surface area (Å²) in [5.41, 5.74) is 6.34. The first-order valence-corrected chi connectivity index (χ1v) is 13.7. The smallest absolute Gasteiger partial charge is 0.268 e. The lowest BCUT2D eigenvalue weighted by molar-refractivity contribution is 0.0978. The van der Waals surface area contributed by atoms with Gasteiger partial charge in [0.1, 0.15) is 5.70 Å². The Morgan fingerprint density at radius 2 is 1.75 bits per heavy atom. The van der Waals surface area contributed by atoms with Crippen molar-refractivity contribution >= 4 is 30.0 Å². The molecule has 0 N–H and O–H groups in total. The highest BCUT2D eigenvalue weighted by Gasteiger charge is 2.17. The van der Waals surface area contributed by atoms with Crippen molar-refractivity contribution in [2.45, 2.75) is 59.3 Å². The van der Waals surface area contributed by atoms with E-state index in [0.717, 1.165) is 65.6 Å². The fourth-order valence-corrected chi connectivity index (χ4v) is 4.47. The van der Waals surface area contributed by atoms with Crippen LogP contribution in [0.5, 0.6) is 0 Å². The van der Waals surface area contributed by atoms with E-state index < -0.39 is 0 Å². The normalized spacial score (nSPS) is 12.6. The van der Waals surface area contributed by atoms with Crippen LogP contribution in [0.4, 0.5) is 0 Å². The van der Waals surface area contributed by atoms with Gasteiger partial charge in [-0.25, -0.2) is 4.99 Å². The molecule has 0 saturated heterocycles. The molecule has 1 heterocycles. The van der Waals surface area contributed by atoms with E-state index >= 15 is 0 Å². The Labute approximate surface area is 237 Å². The Hall–Kier alpha value is -4.45. The largest absolute Gasteiger partial charge is 0.415 e. The number of hydrogen-bond donors (Lipinski definition) is 0. The molecule has 3 rings (SSSR count). The monoisotopic (exact) mass is 534 g/mol. The van der Waals surface area contributed by atoms with Crippen molar-refractivity contribution in [1.82, 2.24) is 10.2 Å². The Kier molecular flexibility index (Phi) is 11.5. The van der Waals surface area contributed by atoms with Crippen LogP contribution in [0.2, 0.25) is 0 Å². The van der Waals surface area contributed by atoms with Crippen LogP contribution < -0.4 is 0 Å². The van der Waals surface area contributed by atoms with E-state index in [1.807, 2.05) is 62.4 Å². The average molecular weight is 535 g/mol. The molecule has 0 spiro atoms. The summed E-state index contributed by atoms with van der Waals surface area (Å²) in [4.78, 5) is 21.9. The lowest BCUT2D eigenvalue weighted by Crippen LogP contribution is -2.05. The van der Waals surface area contributed by atoms with Gasteiger partial charge in [0.15, 0.2) is 5.78 Å². The van der Waals surface area contributed by atoms with Gasteiger partial charge in [0, 0.05) is 17.5 Å². The van der Waals surface area contributed by atoms with Gasteiger partial charge in [0.2, 0.25) is 5.89 Å². The maximum absolute atomic E-state index is 12.9. The first kappa shape index (κ1) is 30.1. The van der Waals surface area contributed by atoms with Crippen LogP contribution in [0.15, 0.2) is 99.5 Å². The summed E-state index contributed by atoms with van der Waals surface area (Å²) in [6, 6.07) is 15.5. The molecule has 0 aliphatic heterocycles. The number of aryl methyl sites for hydroxylation is 1. The molecule has 0 unspecified atom stereocenters. The molecule has 0 bridgehead atoms. The van der Waals surface area contributed by atoms with Crippen molar-refractivity contribution in [3.8, 4) is 11.5 Å². The second-order valence-electron chi connectivity index (χ2n) is 9.44. The highest BCUT2D eigenvalue weighted by Crippen LogP contribution is 2.26. The van der Waals surface area contributed by atoms with Gasteiger partial charge in [-0.15, -0.1) is 10.2 Å².